The number of sulfonamides is 1. The molecule has 7 nitrogen and oxygen atoms in total. The van der Waals surface area contributed by atoms with Crippen LogP contribution in [-0.2, 0) is 14.8 Å². The lowest BCUT2D eigenvalue weighted by Gasteiger charge is -2.08. The van der Waals surface area contributed by atoms with Crippen LogP contribution in [0.15, 0.2) is 53.6 Å². The second-order valence-electron chi connectivity index (χ2n) is 4.25. The number of pyridine rings is 1. The Balaban J connectivity index is 2.07. The highest BCUT2D eigenvalue weighted by Crippen LogP contribution is 2.18. The van der Waals surface area contributed by atoms with Crippen molar-refractivity contribution >= 4 is 21.7 Å². The van der Waals surface area contributed by atoms with E-state index in [4.69, 9.17) is 4.74 Å². The van der Waals surface area contributed by atoms with Crippen molar-refractivity contribution in [1.82, 2.24) is 10.3 Å². The van der Waals surface area contributed by atoms with Gasteiger partial charge in [-0.1, -0.05) is 6.07 Å². The Morgan fingerprint density at radius 1 is 1.18 bits per heavy atom. The minimum Gasteiger partial charge on any atom is -0.484 e. The first-order chi connectivity index (χ1) is 10.5. The average molecular weight is 321 g/mol. The summed E-state index contributed by atoms with van der Waals surface area (Å²) in [6, 6.07) is 10.7. The quantitative estimate of drug-likeness (QED) is 0.827. The van der Waals surface area contributed by atoms with Gasteiger partial charge >= 0.3 is 0 Å². The topological polar surface area (TPSA) is 97.4 Å². The van der Waals surface area contributed by atoms with E-state index in [1.54, 1.807) is 18.2 Å². The summed E-state index contributed by atoms with van der Waals surface area (Å²) in [4.78, 5) is 15.0. The number of amides is 1. The van der Waals surface area contributed by atoms with Crippen LogP contribution in [0.25, 0.3) is 0 Å². The van der Waals surface area contributed by atoms with E-state index >= 15 is 0 Å². The van der Waals surface area contributed by atoms with Crippen LogP contribution in [0.5, 0.6) is 5.75 Å². The summed E-state index contributed by atoms with van der Waals surface area (Å²) in [6.07, 6.45) is 1.49. The van der Waals surface area contributed by atoms with Crippen molar-refractivity contribution in [2.75, 3.05) is 18.4 Å². The van der Waals surface area contributed by atoms with Crippen LogP contribution in [0.4, 0.5) is 5.82 Å². The SMILES string of the molecule is CNC(=O)COc1ccc(S(=O)(=O)Nc2ccccn2)cc1. The zero-order chi connectivity index (χ0) is 16.0. The first-order valence-corrected chi connectivity index (χ1v) is 7.87. The Labute approximate surface area is 128 Å². The van der Waals surface area contributed by atoms with E-state index in [-0.39, 0.29) is 23.2 Å². The average Bonchev–Trinajstić information content (AvgIpc) is 2.53. The maximum Gasteiger partial charge on any atom is 0.263 e. The number of hydrogen-bond acceptors (Lipinski definition) is 5. The van der Waals surface area contributed by atoms with Gasteiger partial charge in [0.25, 0.3) is 15.9 Å². The number of rotatable bonds is 6. The van der Waals surface area contributed by atoms with Crippen LogP contribution in [0.3, 0.4) is 0 Å². The summed E-state index contributed by atoms with van der Waals surface area (Å²) >= 11 is 0. The fourth-order valence-electron chi connectivity index (χ4n) is 1.56. The third-order valence-electron chi connectivity index (χ3n) is 2.69. The number of hydrogen-bond donors (Lipinski definition) is 2. The number of likely N-dealkylation sites (N-methyl/N-ethyl adjacent to an activating group) is 1. The van der Waals surface area contributed by atoms with Gasteiger partial charge in [0.2, 0.25) is 0 Å². The molecular weight excluding hydrogens is 306 g/mol. The number of nitrogens with zero attached hydrogens (tertiary/aromatic N) is 1. The first kappa shape index (κ1) is 15.8. The van der Waals surface area contributed by atoms with Crippen LogP contribution < -0.4 is 14.8 Å². The fraction of sp³-hybridized carbons (Fsp3) is 0.143. The largest absolute Gasteiger partial charge is 0.484 e. The van der Waals surface area contributed by atoms with Crippen molar-refractivity contribution in [3.8, 4) is 5.75 Å². The maximum atomic E-state index is 12.2. The molecule has 0 bridgehead atoms. The molecule has 22 heavy (non-hydrogen) atoms. The van der Waals surface area contributed by atoms with Gasteiger partial charge in [0.05, 0.1) is 4.90 Å². The highest BCUT2D eigenvalue weighted by atomic mass is 32.2. The predicted molar refractivity (Wildman–Crippen MR) is 81.0 cm³/mol. The molecule has 1 aromatic heterocycles. The summed E-state index contributed by atoms with van der Waals surface area (Å²) in [7, 11) is -2.21. The van der Waals surface area contributed by atoms with E-state index in [1.807, 2.05) is 0 Å². The molecule has 0 spiro atoms. The smallest absolute Gasteiger partial charge is 0.263 e. The molecule has 0 radical (unpaired) electrons. The molecule has 1 amide bonds. The molecule has 0 atom stereocenters. The molecule has 116 valence electrons. The van der Waals surface area contributed by atoms with E-state index in [0.717, 1.165) is 0 Å². The summed E-state index contributed by atoms with van der Waals surface area (Å²) in [6.45, 7) is -0.130. The molecule has 0 aliphatic rings. The molecule has 0 fully saturated rings. The molecule has 2 rings (SSSR count). The Hall–Kier alpha value is -2.61. The standard InChI is InChI=1S/C14H15N3O4S/c1-15-14(18)10-21-11-5-7-12(8-6-11)22(19,20)17-13-4-2-3-9-16-13/h2-9H,10H2,1H3,(H,15,18)(H,16,17). The van der Waals surface area contributed by atoms with E-state index in [9.17, 15) is 13.2 Å². The lowest BCUT2D eigenvalue weighted by atomic mass is 10.3. The molecule has 0 saturated carbocycles. The molecule has 2 N–H and O–H groups in total. The second-order valence-corrected chi connectivity index (χ2v) is 5.94. The number of nitrogens with one attached hydrogen (secondary N) is 2. The summed E-state index contributed by atoms with van der Waals surface area (Å²) in [5.41, 5.74) is 0. The third kappa shape index (κ3) is 4.19. The Morgan fingerprint density at radius 3 is 2.50 bits per heavy atom. The number of anilines is 1. The first-order valence-electron chi connectivity index (χ1n) is 6.38. The number of aromatic nitrogens is 1. The minimum absolute atomic E-state index is 0.0745. The third-order valence-corrected chi connectivity index (χ3v) is 4.06. The number of carbonyl (C=O) groups excluding carboxylic acids is 1. The zero-order valence-electron chi connectivity index (χ0n) is 11.8. The Bertz CT molecular complexity index is 730. The van der Waals surface area contributed by atoms with Gasteiger partial charge in [0, 0.05) is 13.2 Å². The maximum absolute atomic E-state index is 12.2. The monoisotopic (exact) mass is 321 g/mol. The van der Waals surface area contributed by atoms with Crippen molar-refractivity contribution in [3.63, 3.8) is 0 Å². The highest BCUT2D eigenvalue weighted by molar-refractivity contribution is 7.92. The van der Waals surface area contributed by atoms with Gasteiger partial charge in [0.15, 0.2) is 6.61 Å². The molecule has 1 heterocycles. The summed E-state index contributed by atoms with van der Waals surface area (Å²) in [5.74, 6) is 0.372. The van der Waals surface area contributed by atoms with Gasteiger partial charge in [0.1, 0.15) is 11.6 Å². The fourth-order valence-corrected chi connectivity index (χ4v) is 2.56. The number of ether oxygens (including phenoxy) is 1. The van der Waals surface area contributed by atoms with Gasteiger partial charge in [-0.15, -0.1) is 0 Å². The van der Waals surface area contributed by atoms with Crippen molar-refractivity contribution in [1.29, 1.82) is 0 Å². The van der Waals surface area contributed by atoms with Crippen LogP contribution in [0.1, 0.15) is 0 Å². The molecule has 8 heteroatoms. The van der Waals surface area contributed by atoms with Crippen molar-refractivity contribution in [3.05, 3.63) is 48.7 Å². The second kappa shape index (κ2) is 6.90. The van der Waals surface area contributed by atoms with Crippen LogP contribution in [0, 0.1) is 0 Å². The Kier molecular flexibility index (Phi) is 4.95. The van der Waals surface area contributed by atoms with Gasteiger partial charge < -0.3 is 10.1 Å². The zero-order valence-corrected chi connectivity index (χ0v) is 12.6. The van der Waals surface area contributed by atoms with E-state index in [2.05, 4.69) is 15.0 Å². The van der Waals surface area contributed by atoms with Crippen LogP contribution in [-0.4, -0.2) is 33.0 Å². The van der Waals surface area contributed by atoms with Gasteiger partial charge in [-0.25, -0.2) is 13.4 Å². The van der Waals surface area contributed by atoms with Gasteiger partial charge in [-0.3, -0.25) is 9.52 Å². The molecule has 2 aromatic rings. The number of benzene rings is 1. The minimum atomic E-state index is -3.71. The molecule has 0 aliphatic carbocycles. The molecule has 0 unspecified atom stereocenters. The summed E-state index contributed by atoms with van der Waals surface area (Å²) < 4.78 is 31.9. The molecular formula is C14H15N3O4S. The lowest BCUT2D eigenvalue weighted by Crippen LogP contribution is -2.24. The van der Waals surface area contributed by atoms with Crippen molar-refractivity contribution < 1.29 is 17.9 Å². The lowest BCUT2D eigenvalue weighted by molar-refractivity contribution is -0.122. The molecule has 1 aromatic carbocycles. The molecule has 0 aliphatic heterocycles. The van der Waals surface area contributed by atoms with Crippen molar-refractivity contribution in [2.45, 2.75) is 4.90 Å². The van der Waals surface area contributed by atoms with E-state index < -0.39 is 10.0 Å². The van der Waals surface area contributed by atoms with Crippen LogP contribution in [0.2, 0.25) is 0 Å². The highest BCUT2D eigenvalue weighted by Gasteiger charge is 2.14. The normalized spacial score (nSPS) is 10.8. The van der Waals surface area contributed by atoms with E-state index in [1.165, 1.54) is 37.5 Å². The number of carbonyl (C=O) groups is 1. The Morgan fingerprint density at radius 2 is 1.91 bits per heavy atom. The van der Waals surface area contributed by atoms with Gasteiger partial charge in [-0.05, 0) is 36.4 Å². The van der Waals surface area contributed by atoms with Crippen LogP contribution >= 0.6 is 0 Å². The van der Waals surface area contributed by atoms with Gasteiger partial charge in [-0.2, -0.15) is 0 Å². The van der Waals surface area contributed by atoms with E-state index in [0.29, 0.717) is 5.75 Å². The summed E-state index contributed by atoms with van der Waals surface area (Å²) in [5, 5.41) is 2.42. The molecule has 0 saturated heterocycles. The van der Waals surface area contributed by atoms with Crippen molar-refractivity contribution in [2.24, 2.45) is 0 Å². The predicted octanol–water partition coefficient (Wildman–Crippen LogP) is 1.01.